The number of amides is 1. The molecule has 0 bridgehead atoms. The number of hydrogen-bond acceptors (Lipinski definition) is 7. The lowest BCUT2D eigenvalue weighted by molar-refractivity contribution is 0.0967. The van der Waals surface area contributed by atoms with Gasteiger partial charge in [0.25, 0.3) is 0 Å². The van der Waals surface area contributed by atoms with Crippen molar-refractivity contribution in [2.75, 3.05) is 12.4 Å². The number of anilines is 2. The highest BCUT2D eigenvalue weighted by Crippen LogP contribution is 2.37. The number of carbonyl (C=O) groups is 1. The monoisotopic (exact) mass is 425 g/mol. The molecule has 2 aliphatic rings. The van der Waals surface area contributed by atoms with Crippen LogP contribution in [0.15, 0.2) is 24.5 Å². The fourth-order valence-electron chi connectivity index (χ4n) is 4.09. The predicted octanol–water partition coefficient (Wildman–Crippen LogP) is 3.26. The molecule has 0 aromatic carbocycles. The Kier molecular flexibility index (Phi) is 5.01. The lowest BCUT2D eigenvalue weighted by Crippen LogP contribution is -2.36. The molecule has 0 saturated heterocycles. The van der Waals surface area contributed by atoms with Gasteiger partial charge in [0.1, 0.15) is 11.6 Å². The molecule has 2 saturated carbocycles. The molecule has 2 aliphatic carbocycles. The van der Waals surface area contributed by atoms with Crippen molar-refractivity contribution in [3.63, 3.8) is 0 Å². The van der Waals surface area contributed by atoms with Crippen molar-refractivity contribution >= 4 is 23.2 Å². The molecule has 1 amide bonds. The van der Waals surface area contributed by atoms with Gasteiger partial charge in [-0.05, 0) is 45.1 Å². The van der Waals surface area contributed by atoms with Crippen LogP contribution in [-0.2, 0) is 16.1 Å². The topological polar surface area (TPSA) is 118 Å². The quantitative estimate of drug-likeness (QED) is 0.532. The Hall–Kier alpha value is -3.14. The maximum Gasteiger partial charge on any atom is 0.407 e. The van der Waals surface area contributed by atoms with Gasteiger partial charge in [-0.15, -0.1) is 0 Å². The molecule has 10 nitrogen and oxygen atoms in total. The summed E-state index contributed by atoms with van der Waals surface area (Å²) in [6.45, 7) is 2.48. The fraction of sp³-hybridized carbons (Fsp3) is 0.524. The molecule has 3 heterocycles. The van der Waals surface area contributed by atoms with Crippen molar-refractivity contribution in [3.8, 4) is 0 Å². The molecule has 0 radical (unpaired) electrons. The Balaban J connectivity index is 1.22. The van der Waals surface area contributed by atoms with E-state index in [4.69, 9.17) is 9.47 Å². The highest BCUT2D eigenvalue weighted by Gasteiger charge is 2.40. The van der Waals surface area contributed by atoms with Crippen LogP contribution in [0, 0.1) is 0 Å². The Labute approximate surface area is 179 Å². The first-order chi connectivity index (χ1) is 15.0. The summed E-state index contributed by atoms with van der Waals surface area (Å²) in [5.41, 5.74) is 2.65. The van der Waals surface area contributed by atoms with Crippen LogP contribution in [0.25, 0.3) is 5.52 Å². The summed E-state index contributed by atoms with van der Waals surface area (Å²) in [7, 11) is 1.64. The molecule has 31 heavy (non-hydrogen) atoms. The van der Waals surface area contributed by atoms with Crippen LogP contribution < -0.4 is 10.6 Å². The first-order valence-electron chi connectivity index (χ1n) is 10.6. The Morgan fingerprint density at radius 2 is 2.23 bits per heavy atom. The number of carbonyl (C=O) groups excluding carboxylic acids is 1. The third-order valence-electron chi connectivity index (χ3n) is 6.08. The van der Waals surface area contributed by atoms with E-state index in [9.17, 15) is 4.79 Å². The van der Waals surface area contributed by atoms with E-state index in [-0.39, 0.29) is 23.7 Å². The normalized spacial score (nSPS) is 21.9. The van der Waals surface area contributed by atoms with Gasteiger partial charge in [-0.25, -0.2) is 14.3 Å². The van der Waals surface area contributed by atoms with E-state index >= 15 is 0 Å². The first-order valence-corrected chi connectivity index (χ1v) is 10.6. The number of aromatic nitrogens is 5. The lowest BCUT2D eigenvalue weighted by atomic mass is 10.0. The van der Waals surface area contributed by atoms with Crippen molar-refractivity contribution in [3.05, 3.63) is 35.9 Å². The molecule has 164 valence electrons. The van der Waals surface area contributed by atoms with Crippen LogP contribution in [0.5, 0.6) is 0 Å². The average Bonchev–Trinajstić information content (AvgIpc) is 3.16. The van der Waals surface area contributed by atoms with Crippen LogP contribution in [-0.4, -0.2) is 49.6 Å². The van der Waals surface area contributed by atoms with E-state index < -0.39 is 0 Å². The van der Waals surface area contributed by atoms with E-state index in [2.05, 4.69) is 30.9 Å². The smallest absolute Gasteiger partial charge is 0.407 e. The molecule has 3 N–H and O–H groups in total. The molecule has 2 unspecified atom stereocenters. The van der Waals surface area contributed by atoms with E-state index in [0.29, 0.717) is 18.2 Å². The third kappa shape index (κ3) is 4.34. The van der Waals surface area contributed by atoms with Crippen LogP contribution in [0.4, 0.5) is 16.4 Å². The second-order valence-electron chi connectivity index (χ2n) is 8.73. The van der Waals surface area contributed by atoms with Gasteiger partial charge in [0.15, 0.2) is 11.6 Å². The van der Waals surface area contributed by atoms with Crippen molar-refractivity contribution in [2.45, 2.75) is 63.2 Å². The molecular weight excluding hydrogens is 398 g/mol. The number of fused-ring (bicyclic) bond motifs is 1. The lowest BCUT2D eigenvalue weighted by Gasteiger charge is -2.16. The van der Waals surface area contributed by atoms with Crippen LogP contribution in [0.3, 0.4) is 0 Å². The average molecular weight is 425 g/mol. The zero-order valence-corrected chi connectivity index (χ0v) is 17.7. The fourth-order valence-corrected chi connectivity index (χ4v) is 4.09. The molecule has 2 atom stereocenters. The maximum atomic E-state index is 12.1. The maximum absolute atomic E-state index is 12.1. The SMILES string of the molecule is COCc1cc2c(Nc3cc(C4CCC(OC(=O)NC5(C)CC5)C4)[nH]n3)nccn2n1. The number of alkyl carbamates (subject to hydrolysis) is 1. The number of H-pyrrole nitrogens is 1. The van der Waals surface area contributed by atoms with Crippen molar-refractivity contribution in [2.24, 2.45) is 0 Å². The van der Waals surface area contributed by atoms with Crippen molar-refractivity contribution in [1.29, 1.82) is 0 Å². The largest absolute Gasteiger partial charge is 0.446 e. The van der Waals surface area contributed by atoms with Gasteiger partial charge >= 0.3 is 6.09 Å². The van der Waals surface area contributed by atoms with E-state index in [0.717, 1.165) is 49.0 Å². The number of ether oxygens (including phenoxy) is 2. The number of hydrogen-bond donors (Lipinski definition) is 3. The second kappa shape index (κ2) is 7.84. The predicted molar refractivity (Wildman–Crippen MR) is 113 cm³/mol. The summed E-state index contributed by atoms with van der Waals surface area (Å²) < 4.78 is 12.6. The number of rotatable bonds is 7. The van der Waals surface area contributed by atoms with Gasteiger partial charge in [0.2, 0.25) is 0 Å². The first kappa shape index (κ1) is 19.8. The molecule has 2 fully saturated rings. The standard InChI is InChI=1S/C21H27N7O3/c1-21(5-6-21)24-20(29)31-15-4-3-13(9-15)16-11-18(26-25-16)23-19-17-10-14(12-30-2)27-28(17)8-7-22-19/h7-8,10-11,13,15H,3-6,9,12H2,1-2H3,(H,24,29)(H2,22,23,25,26). The Morgan fingerprint density at radius 3 is 3.03 bits per heavy atom. The Morgan fingerprint density at radius 1 is 1.35 bits per heavy atom. The van der Waals surface area contributed by atoms with Gasteiger partial charge in [-0.1, -0.05) is 0 Å². The molecule has 5 rings (SSSR count). The molecule has 0 spiro atoms. The minimum Gasteiger partial charge on any atom is -0.446 e. The summed E-state index contributed by atoms with van der Waals surface area (Å²) in [4.78, 5) is 16.5. The number of aromatic amines is 1. The highest BCUT2D eigenvalue weighted by atomic mass is 16.6. The number of nitrogens with one attached hydrogen (secondary N) is 3. The molecule has 3 aromatic rings. The third-order valence-corrected chi connectivity index (χ3v) is 6.08. The molecular formula is C21H27N7O3. The van der Waals surface area contributed by atoms with Gasteiger partial charge in [0.05, 0.1) is 12.3 Å². The number of nitrogens with zero attached hydrogens (tertiary/aromatic N) is 4. The van der Waals surface area contributed by atoms with Gasteiger partial charge in [-0.2, -0.15) is 10.2 Å². The molecule has 3 aromatic heterocycles. The zero-order chi connectivity index (χ0) is 21.4. The molecule has 0 aliphatic heterocycles. The van der Waals surface area contributed by atoms with E-state index in [1.54, 1.807) is 24.0 Å². The summed E-state index contributed by atoms with van der Waals surface area (Å²) in [6.07, 6.45) is 7.78. The second-order valence-corrected chi connectivity index (χ2v) is 8.73. The van der Waals surface area contributed by atoms with Crippen LogP contribution in [0.2, 0.25) is 0 Å². The minimum absolute atomic E-state index is 0.0598. The highest BCUT2D eigenvalue weighted by molar-refractivity contribution is 5.72. The van der Waals surface area contributed by atoms with E-state index in [1.807, 2.05) is 19.1 Å². The van der Waals surface area contributed by atoms with Crippen LogP contribution >= 0.6 is 0 Å². The summed E-state index contributed by atoms with van der Waals surface area (Å²) in [5, 5.41) is 18.2. The van der Waals surface area contributed by atoms with E-state index in [1.165, 1.54) is 0 Å². The summed E-state index contributed by atoms with van der Waals surface area (Å²) in [5.74, 6) is 1.64. The summed E-state index contributed by atoms with van der Waals surface area (Å²) in [6, 6.07) is 3.94. The summed E-state index contributed by atoms with van der Waals surface area (Å²) >= 11 is 0. The zero-order valence-electron chi connectivity index (χ0n) is 17.7. The minimum atomic E-state index is -0.301. The Bertz CT molecular complexity index is 1090. The number of methoxy groups -OCH3 is 1. The van der Waals surface area contributed by atoms with Crippen molar-refractivity contribution in [1.82, 2.24) is 30.1 Å². The molecule has 10 heteroatoms. The van der Waals surface area contributed by atoms with Gasteiger partial charge in [-0.3, -0.25) is 5.10 Å². The van der Waals surface area contributed by atoms with Gasteiger partial charge in [0, 0.05) is 42.7 Å². The van der Waals surface area contributed by atoms with Crippen LogP contribution in [0.1, 0.15) is 56.3 Å². The van der Waals surface area contributed by atoms with Gasteiger partial charge < -0.3 is 20.1 Å². The van der Waals surface area contributed by atoms with Crippen molar-refractivity contribution < 1.29 is 14.3 Å².